The normalized spacial score (nSPS) is 10.1. The topological polar surface area (TPSA) is 69.2 Å². The smallest absolute Gasteiger partial charge is 0.356 e. The molecule has 0 bridgehead atoms. The second-order valence-electron chi connectivity index (χ2n) is 4.14. The van der Waals surface area contributed by atoms with Gasteiger partial charge in [-0.15, -0.1) is 0 Å². The Hall–Kier alpha value is -2.56. The summed E-state index contributed by atoms with van der Waals surface area (Å²) in [5.74, 6) is -0.468. The maximum Gasteiger partial charge on any atom is 0.356 e. The lowest BCUT2D eigenvalue weighted by Gasteiger charge is -2.04. The van der Waals surface area contributed by atoms with Gasteiger partial charge in [0.1, 0.15) is 12.0 Å². The van der Waals surface area contributed by atoms with Crippen LogP contribution in [0.15, 0.2) is 36.5 Å². The predicted molar refractivity (Wildman–Crippen MR) is 73.2 cm³/mol. The van der Waals surface area contributed by atoms with Crippen molar-refractivity contribution in [2.75, 3.05) is 7.11 Å². The molecular formula is C15H14N2O3. The number of esters is 1. The number of aryl methyl sites for hydroxylation is 1. The summed E-state index contributed by atoms with van der Waals surface area (Å²) in [7, 11) is 1.32. The maximum atomic E-state index is 11.3. The first-order valence-electron chi connectivity index (χ1n) is 6.19. The molecule has 5 nitrogen and oxygen atoms in total. The molecule has 2 rings (SSSR count). The molecule has 0 atom stereocenters. The van der Waals surface area contributed by atoms with Crippen LogP contribution in [0.2, 0.25) is 0 Å². The van der Waals surface area contributed by atoms with Crippen LogP contribution in [-0.2, 0) is 16.0 Å². The highest BCUT2D eigenvalue weighted by atomic mass is 16.5. The van der Waals surface area contributed by atoms with Crippen molar-refractivity contribution in [2.45, 2.75) is 12.8 Å². The van der Waals surface area contributed by atoms with Crippen molar-refractivity contribution in [2.24, 2.45) is 0 Å². The minimum absolute atomic E-state index is 0.258. The van der Waals surface area contributed by atoms with E-state index < -0.39 is 5.97 Å². The van der Waals surface area contributed by atoms with Crippen LogP contribution < -0.4 is 0 Å². The van der Waals surface area contributed by atoms with Crippen LogP contribution in [0.4, 0.5) is 0 Å². The number of hydrogen-bond donors (Lipinski definition) is 0. The number of pyridine rings is 2. The summed E-state index contributed by atoms with van der Waals surface area (Å²) in [6, 6.07) is 8.99. The van der Waals surface area contributed by atoms with Crippen LogP contribution in [0.25, 0.3) is 11.3 Å². The SMILES string of the molecule is COC(=O)c1ccc(-c2cccc(CCC=O)n2)cn1. The first-order chi connectivity index (χ1) is 9.74. The predicted octanol–water partition coefficient (Wildman–Crippen LogP) is 2.06. The number of nitrogens with zero attached hydrogens (tertiary/aromatic N) is 2. The van der Waals surface area contributed by atoms with E-state index in [9.17, 15) is 9.59 Å². The number of aromatic nitrogens is 2. The average molecular weight is 270 g/mol. The van der Waals surface area contributed by atoms with Gasteiger partial charge in [-0.05, 0) is 30.7 Å². The molecule has 0 aliphatic rings. The minimum Gasteiger partial charge on any atom is -0.464 e. The van der Waals surface area contributed by atoms with Gasteiger partial charge in [-0.2, -0.15) is 0 Å². The largest absolute Gasteiger partial charge is 0.464 e. The van der Waals surface area contributed by atoms with E-state index in [-0.39, 0.29) is 5.69 Å². The Labute approximate surface area is 116 Å². The highest BCUT2D eigenvalue weighted by Crippen LogP contribution is 2.17. The Morgan fingerprint density at radius 2 is 2.15 bits per heavy atom. The maximum absolute atomic E-state index is 11.3. The number of aldehydes is 1. The van der Waals surface area contributed by atoms with Gasteiger partial charge < -0.3 is 9.53 Å². The van der Waals surface area contributed by atoms with Crippen molar-refractivity contribution in [3.63, 3.8) is 0 Å². The monoisotopic (exact) mass is 270 g/mol. The molecule has 2 heterocycles. The summed E-state index contributed by atoms with van der Waals surface area (Å²) in [5, 5.41) is 0. The zero-order chi connectivity index (χ0) is 14.4. The molecule has 0 N–H and O–H groups in total. The third-order valence-corrected chi connectivity index (χ3v) is 2.78. The molecule has 0 aromatic carbocycles. The molecule has 0 amide bonds. The van der Waals surface area contributed by atoms with Gasteiger partial charge >= 0.3 is 5.97 Å². The molecule has 5 heteroatoms. The zero-order valence-electron chi connectivity index (χ0n) is 11.1. The van der Waals surface area contributed by atoms with E-state index in [1.54, 1.807) is 18.3 Å². The zero-order valence-corrected chi connectivity index (χ0v) is 11.1. The van der Waals surface area contributed by atoms with Crippen molar-refractivity contribution in [3.05, 3.63) is 47.9 Å². The molecule has 0 aliphatic carbocycles. The second-order valence-corrected chi connectivity index (χ2v) is 4.14. The third kappa shape index (κ3) is 3.26. The van der Waals surface area contributed by atoms with Gasteiger partial charge in [0.15, 0.2) is 0 Å². The minimum atomic E-state index is -0.468. The Morgan fingerprint density at radius 1 is 1.30 bits per heavy atom. The van der Waals surface area contributed by atoms with Gasteiger partial charge in [0, 0.05) is 23.9 Å². The van der Waals surface area contributed by atoms with Crippen LogP contribution >= 0.6 is 0 Å². The van der Waals surface area contributed by atoms with Gasteiger partial charge in [-0.25, -0.2) is 9.78 Å². The third-order valence-electron chi connectivity index (χ3n) is 2.78. The lowest BCUT2D eigenvalue weighted by Crippen LogP contribution is -2.03. The van der Waals surface area contributed by atoms with E-state index in [1.165, 1.54) is 7.11 Å². The van der Waals surface area contributed by atoms with Crippen molar-refractivity contribution < 1.29 is 14.3 Å². The van der Waals surface area contributed by atoms with Gasteiger partial charge in [-0.3, -0.25) is 4.98 Å². The fourth-order valence-corrected chi connectivity index (χ4v) is 1.76. The molecule has 0 saturated carbocycles. The standard InChI is InChI=1S/C15H14N2O3/c1-20-15(19)14-8-7-11(10-16-14)13-6-2-4-12(17-13)5-3-9-18/h2,4,6-10H,3,5H2,1H3. The Bertz CT molecular complexity index is 609. The van der Waals surface area contributed by atoms with E-state index in [1.807, 2.05) is 18.2 Å². The van der Waals surface area contributed by atoms with Gasteiger partial charge in [0.25, 0.3) is 0 Å². The van der Waals surface area contributed by atoms with E-state index in [0.717, 1.165) is 23.2 Å². The van der Waals surface area contributed by atoms with Gasteiger partial charge in [-0.1, -0.05) is 6.07 Å². The molecule has 0 fully saturated rings. The summed E-state index contributed by atoms with van der Waals surface area (Å²) in [6.07, 6.45) is 3.53. The molecule has 0 unspecified atom stereocenters. The highest BCUT2D eigenvalue weighted by molar-refractivity contribution is 5.87. The molecular weight excluding hydrogens is 256 g/mol. The van der Waals surface area contributed by atoms with Crippen molar-refractivity contribution in [3.8, 4) is 11.3 Å². The lowest BCUT2D eigenvalue weighted by atomic mass is 10.1. The fraction of sp³-hybridized carbons (Fsp3) is 0.200. The first-order valence-corrected chi connectivity index (χ1v) is 6.19. The van der Waals surface area contributed by atoms with Crippen molar-refractivity contribution in [1.82, 2.24) is 9.97 Å². The lowest BCUT2D eigenvalue weighted by molar-refractivity contribution is -0.107. The molecule has 102 valence electrons. The average Bonchev–Trinajstić information content (AvgIpc) is 2.52. The molecule has 0 aliphatic heterocycles. The molecule has 2 aromatic rings. The summed E-state index contributed by atoms with van der Waals surface area (Å²) >= 11 is 0. The summed E-state index contributed by atoms with van der Waals surface area (Å²) < 4.78 is 4.60. The van der Waals surface area contributed by atoms with Gasteiger partial charge in [0.05, 0.1) is 12.8 Å². The number of ether oxygens (including phenoxy) is 1. The summed E-state index contributed by atoms with van der Waals surface area (Å²) in [6.45, 7) is 0. The highest BCUT2D eigenvalue weighted by Gasteiger charge is 2.07. The second kappa shape index (κ2) is 6.56. The van der Waals surface area contributed by atoms with Crippen LogP contribution in [0.1, 0.15) is 22.6 Å². The Kier molecular flexibility index (Phi) is 4.55. The molecule has 0 saturated heterocycles. The van der Waals surface area contributed by atoms with Crippen molar-refractivity contribution >= 4 is 12.3 Å². The first kappa shape index (κ1) is 13.9. The van der Waals surface area contributed by atoms with Crippen molar-refractivity contribution in [1.29, 1.82) is 0 Å². The van der Waals surface area contributed by atoms with E-state index in [0.29, 0.717) is 12.8 Å². The number of carbonyl (C=O) groups is 2. The van der Waals surface area contributed by atoms with E-state index >= 15 is 0 Å². The number of hydrogen-bond acceptors (Lipinski definition) is 5. The van der Waals surface area contributed by atoms with E-state index in [4.69, 9.17) is 0 Å². The number of carbonyl (C=O) groups excluding carboxylic acids is 2. The molecule has 0 radical (unpaired) electrons. The molecule has 2 aromatic heterocycles. The van der Waals surface area contributed by atoms with Crippen LogP contribution in [0.5, 0.6) is 0 Å². The Balaban J connectivity index is 2.22. The van der Waals surface area contributed by atoms with Crippen LogP contribution in [0.3, 0.4) is 0 Å². The molecule has 20 heavy (non-hydrogen) atoms. The Morgan fingerprint density at radius 3 is 2.80 bits per heavy atom. The quantitative estimate of drug-likeness (QED) is 0.614. The summed E-state index contributed by atoms with van der Waals surface area (Å²) in [5.41, 5.74) is 2.68. The summed E-state index contributed by atoms with van der Waals surface area (Å²) in [4.78, 5) is 30.2. The fourth-order valence-electron chi connectivity index (χ4n) is 1.76. The number of rotatable bonds is 5. The van der Waals surface area contributed by atoms with Crippen LogP contribution in [0, 0.1) is 0 Å². The van der Waals surface area contributed by atoms with Crippen LogP contribution in [-0.4, -0.2) is 29.3 Å². The molecule has 0 spiro atoms. The number of methoxy groups -OCH3 is 1. The van der Waals surface area contributed by atoms with E-state index in [2.05, 4.69) is 14.7 Å². The van der Waals surface area contributed by atoms with Gasteiger partial charge in [0.2, 0.25) is 0 Å².